The molecule has 158 valence electrons. The number of rotatable bonds is 6. The number of aliphatic imine (C=N–C) groups is 1. The number of benzene rings is 1. The minimum atomic E-state index is -0.492. The second-order valence-corrected chi connectivity index (χ2v) is 8.12. The molecule has 0 fully saturated rings. The van der Waals surface area contributed by atoms with Crippen LogP contribution in [0.15, 0.2) is 47.7 Å². The molecule has 2 N–H and O–H groups in total. The third-order valence-electron chi connectivity index (χ3n) is 4.18. The highest BCUT2D eigenvalue weighted by molar-refractivity contribution is 5.79. The molecule has 1 amide bonds. The topological polar surface area (TPSA) is 70.9 Å². The lowest BCUT2D eigenvalue weighted by Gasteiger charge is -2.24. The van der Waals surface area contributed by atoms with Crippen molar-refractivity contribution in [3.05, 3.63) is 59.4 Å². The Labute approximate surface area is 173 Å². The maximum absolute atomic E-state index is 12.1. The first kappa shape index (κ1) is 22.3. The molecule has 0 bridgehead atoms. The van der Waals surface area contributed by atoms with E-state index in [1.807, 2.05) is 50.7 Å². The van der Waals surface area contributed by atoms with Gasteiger partial charge in [-0.05, 0) is 43.5 Å². The van der Waals surface area contributed by atoms with Crippen LogP contribution in [0.5, 0.6) is 0 Å². The lowest BCUT2D eigenvalue weighted by Crippen LogP contribution is -2.36. The maximum atomic E-state index is 12.1. The molecule has 29 heavy (non-hydrogen) atoms. The summed E-state index contributed by atoms with van der Waals surface area (Å²) in [6.45, 7) is 7.48. The van der Waals surface area contributed by atoms with E-state index in [2.05, 4.69) is 40.0 Å². The SMILES string of the molecule is CN=C(NCc1ccc(CN(C)C(=O)OC(C)(C)C)cc1)NCc1ccn(C)c1. The summed E-state index contributed by atoms with van der Waals surface area (Å²) in [6, 6.07) is 10.2. The number of guanidine groups is 1. The molecule has 0 spiro atoms. The molecular weight excluding hydrogens is 366 g/mol. The summed E-state index contributed by atoms with van der Waals surface area (Å²) >= 11 is 0. The first-order chi connectivity index (χ1) is 13.7. The van der Waals surface area contributed by atoms with Crippen LogP contribution in [0, 0.1) is 0 Å². The van der Waals surface area contributed by atoms with Gasteiger partial charge in [-0.15, -0.1) is 0 Å². The van der Waals surface area contributed by atoms with Crippen LogP contribution < -0.4 is 10.6 Å². The Bertz CT molecular complexity index is 818. The average Bonchev–Trinajstić information content (AvgIpc) is 3.07. The largest absolute Gasteiger partial charge is 0.444 e. The van der Waals surface area contributed by atoms with Gasteiger partial charge in [0.25, 0.3) is 0 Å². The van der Waals surface area contributed by atoms with E-state index in [-0.39, 0.29) is 6.09 Å². The molecule has 2 aromatic rings. The first-order valence-corrected chi connectivity index (χ1v) is 9.73. The molecule has 0 aliphatic heterocycles. The molecule has 0 unspecified atom stereocenters. The summed E-state index contributed by atoms with van der Waals surface area (Å²) in [5.74, 6) is 0.752. The molecule has 0 atom stereocenters. The van der Waals surface area contributed by atoms with Crippen molar-refractivity contribution in [2.24, 2.45) is 12.0 Å². The summed E-state index contributed by atoms with van der Waals surface area (Å²) in [7, 11) is 5.51. The molecule has 7 heteroatoms. The molecule has 1 heterocycles. The summed E-state index contributed by atoms with van der Waals surface area (Å²) in [5, 5.41) is 6.62. The summed E-state index contributed by atoms with van der Waals surface area (Å²) in [6.07, 6.45) is 3.78. The average molecular weight is 400 g/mol. The Morgan fingerprint density at radius 2 is 1.66 bits per heavy atom. The second kappa shape index (κ2) is 10.0. The Morgan fingerprint density at radius 1 is 1.07 bits per heavy atom. The van der Waals surface area contributed by atoms with Crippen LogP contribution in [-0.2, 0) is 31.4 Å². The monoisotopic (exact) mass is 399 g/mol. The zero-order valence-electron chi connectivity index (χ0n) is 18.3. The first-order valence-electron chi connectivity index (χ1n) is 9.73. The van der Waals surface area contributed by atoms with Gasteiger partial charge in [0.1, 0.15) is 5.60 Å². The fourth-order valence-electron chi connectivity index (χ4n) is 2.70. The van der Waals surface area contributed by atoms with Crippen molar-refractivity contribution in [2.75, 3.05) is 14.1 Å². The van der Waals surface area contributed by atoms with E-state index in [0.717, 1.165) is 23.6 Å². The highest BCUT2D eigenvalue weighted by Crippen LogP contribution is 2.12. The third-order valence-corrected chi connectivity index (χ3v) is 4.18. The van der Waals surface area contributed by atoms with E-state index >= 15 is 0 Å². The molecule has 0 saturated heterocycles. The van der Waals surface area contributed by atoms with Crippen LogP contribution in [-0.4, -0.2) is 41.2 Å². The standard InChI is InChI=1S/C22H33N5O2/c1-22(2,3)29-21(28)27(6)16-18-9-7-17(8-10-18)13-24-20(23-4)25-14-19-11-12-26(5)15-19/h7-12,15H,13-14,16H2,1-6H3,(H2,23,24,25). The van der Waals surface area contributed by atoms with Crippen molar-refractivity contribution >= 4 is 12.1 Å². The number of hydrogen-bond donors (Lipinski definition) is 2. The van der Waals surface area contributed by atoms with E-state index < -0.39 is 5.60 Å². The summed E-state index contributed by atoms with van der Waals surface area (Å²) in [4.78, 5) is 17.9. The number of aryl methyl sites for hydroxylation is 1. The van der Waals surface area contributed by atoms with Crippen molar-refractivity contribution in [3.8, 4) is 0 Å². The number of nitrogens with zero attached hydrogens (tertiary/aromatic N) is 3. The van der Waals surface area contributed by atoms with Crippen LogP contribution in [0.2, 0.25) is 0 Å². The highest BCUT2D eigenvalue weighted by Gasteiger charge is 2.19. The number of hydrogen-bond acceptors (Lipinski definition) is 3. The van der Waals surface area contributed by atoms with Crippen molar-refractivity contribution < 1.29 is 9.53 Å². The van der Waals surface area contributed by atoms with Crippen molar-refractivity contribution in [2.45, 2.75) is 46.0 Å². The predicted octanol–water partition coefficient (Wildman–Crippen LogP) is 3.26. The molecule has 1 aromatic heterocycles. The van der Waals surface area contributed by atoms with Crippen LogP contribution in [0.3, 0.4) is 0 Å². The van der Waals surface area contributed by atoms with Gasteiger partial charge in [0.15, 0.2) is 5.96 Å². The molecule has 1 aromatic carbocycles. The zero-order chi connectivity index (χ0) is 21.4. The van der Waals surface area contributed by atoms with Gasteiger partial charge < -0.3 is 24.8 Å². The number of ether oxygens (including phenoxy) is 1. The van der Waals surface area contributed by atoms with E-state index in [1.165, 1.54) is 5.56 Å². The van der Waals surface area contributed by atoms with E-state index in [9.17, 15) is 4.79 Å². The Kier molecular flexibility index (Phi) is 7.70. The summed E-state index contributed by atoms with van der Waals surface area (Å²) in [5.41, 5.74) is 2.90. The van der Waals surface area contributed by atoms with Crippen molar-refractivity contribution in [1.82, 2.24) is 20.1 Å². The highest BCUT2D eigenvalue weighted by atomic mass is 16.6. The lowest BCUT2D eigenvalue weighted by molar-refractivity contribution is 0.0285. The van der Waals surface area contributed by atoms with Crippen LogP contribution >= 0.6 is 0 Å². The fourth-order valence-corrected chi connectivity index (χ4v) is 2.70. The van der Waals surface area contributed by atoms with Gasteiger partial charge in [0.05, 0.1) is 0 Å². The molecule has 0 aliphatic carbocycles. The smallest absolute Gasteiger partial charge is 0.410 e. The fraction of sp³-hybridized carbons (Fsp3) is 0.455. The van der Waals surface area contributed by atoms with Gasteiger partial charge >= 0.3 is 6.09 Å². The molecule has 2 rings (SSSR count). The second-order valence-electron chi connectivity index (χ2n) is 8.12. The number of carbonyl (C=O) groups excluding carboxylic acids is 1. The van der Waals surface area contributed by atoms with Gasteiger partial charge in [0.2, 0.25) is 0 Å². The van der Waals surface area contributed by atoms with Gasteiger partial charge in [-0.2, -0.15) is 0 Å². The van der Waals surface area contributed by atoms with Crippen molar-refractivity contribution in [1.29, 1.82) is 0 Å². The van der Waals surface area contributed by atoms with E-state index in [1.54, 1.807) is 19.0 Å². The normalized spacial score (nSPS) is 11.9. The Balaban J connectivity index is 1.81. The van der Waals surface area contributed by atoms with E-state index in [4.69, 9.17) is 4.74 Å². The van der Waals surface area contributed by atoms with Crippen LogP contribution in [0.1, 0.15) is 37.5 Å². The molecule has 0 saturated carbocycles. The van der Waals surface area contributed by atoms with Gasteiger partial charge in [-0.25, -0.2) is 4.79 Å². The van der Waals surface area contributed by atoms with E-state index in [0.29, 0.717) is 13.1 Å². The minimum Gasteiger partial charge on any atom is -0.444 e. The van der Waals surface area contributed by atoms with Crippen molar-refractivity contribution in [3.63, 3.8) is 0 Å². The number of amides is 1. The third kappa shape index (κ3) is 7.89. The predicted molar refractivity (Wildman–Crippen MR) is 117 cm³/mol. The summed E-state index contributed by atoms with van der Waals surface area (Å²) < 4.78 is 7.41. The van der Waals surface area contributed by atoms with Crippen LogP contribution in [0.4, 0.5) is 4.79 Å². The maximum Gasteiger partial charge on any atom is 0.410 e. The number of carbonyl (C=O) groups is 1. The van der Waals surface area contributed by atoms with Gasteiger partial charge in [0, 0.05) is 53.2 Å². The zero-order valence-corrected chi connectivity index (χ0v) is 18.3. The quantitative estimate of drug-likeness (QED) is 0.578. The number of nitrogens with one attached hydrogen (secondary N) is 2. The Hall–Kier alpha value is -2.96. The van der Waals surface area contributed by atoms with Gasteiger partial charge in [-0.3, -0.25) is 4.99 Å². The number of aromatic nitrogens is 1. The van der Waals surface area contributed by atoms with Crippen LogP contribution in [0.25, 0.3) is 0 Å². The molecule has 7 nitrogen and oxygen atoms in total. The molecular formula is C22H33N5O2. The minimum absolute atomic E-state index is 0.323. The molecule has 0 aliphatic rings. The molecule has 0 radical (unpaired) electrons. The lowest BCUT2D eigenvalue weighted by atomic mass is 10.1. The Morgan fingerprint density at radius 3 is 2.17 bits per heavy atom. The van der Waals surface area contributed by atoms with Gasteiger partial charge in [-0.1, -0.05) is 24.3 Å².